The maximum absolute atomic E-state index is 11.4. The van der Waals surface area contributed by atoms with Gasteiger partial charge in [-0.15, -0.1) is 0 Å². The van der Waals surface area contributed by atoms with Gasteiger partial charge in [-0.2, -0.15) is 5.10 Å². The van der Waals surface area contributed by atoms with Crippen LogP contribution in [0.3, 0.4) is 0 Å². The summed E-state index contributed by atoms with van der Waals surface area (Å²) in [5.74, 6) is 0.554. The van der Waals surface area contributed by atoms with E-state index in [1.54, 1.807) is 25.1 Å². The molecule has 1 heterocycles. The van der Waals surface area contributed by atoms with E-state index in [0.717, 1.165) is 0 Å². The average Bonchev–Trinajstić information content (AvgIpc) is 2.44. The third-order valence-electron chi connectivity index (χ3n) is 1.95. The van der Waals surface area contributed by atoms with Gasteiger partial charge >= 0.3 is 5.69 Å². The number of aryl methyl sites for hydroxylation is 1. The zero-order valence-electron chi connectivity index (χ0n) is 7.79. The highest BCUT2D eigenvalue weighted by molar-refractivity contribution is 6.34. The first-order valence-electron chi connectivity index (χ1n) is 4.18. The van der Waals surface area contributed by atoms with E-state index in [-0.39, 0.29) is 5.69 Å². The van der Waals surface area contributed by atoms with Crippen molar-refractivity contribution in [3.63, 3.8) is 0 Å². The fraction of sp³-hybridized carbons (Fsp3) is 0.111. The van der Waals surface area contributed by atoms with Gasteiger partial charge in [-0.25, -0.2) is 14.5 Å². The molecule has 6 heteroatoms. The number of halogens is 2. The molecule has 0 amide bonds. The summed E-state index contributed by atoms with van der Waals surface area (Å²) in [6, 6.07) is 4.90. The number of rotatable bonds is 1. The lowest BCUT2D eigenvalue weighted by Crippen LogP contribution is -2.15. The van der Waals surface area contributed by atoms with Crippen molar-refractivity contribution in [2.75, 3.05) is 0 Å². The fourth-order valence-corrected chi connectivity index (χ4v) is 1.86. The lowest BCUT2D eigenvalue weighted by molar-refractivity contribution is 0.944. The molecule has 1 aromatic heterocycles. The van der Waals surface area contributed by atoms with Crippen molar-refractivity contribution in [2.45, 2.75) is 6.92 Å². The average molecular weight is 244 g/mol. The first-order chi connectivity index (χ1) is 7.08. The zero-order valence-corrected chi connectivity index (χ0v) is 9.30. The molecule has 0 aliphatic carbocycles. The molecule has 0 unspecified atom stereocenters. The summed E-state index contributed by atoms with van der Waals surface area (Å²) in [5.41, 5.74) is 0.287. The van der Waals surface area contributed by atoms with Crippen molar-refractivity contribution < 1.29 is 0 Å². The van der Waals surface area contributed by atoms with E-state index in [1.165, 1.54) is 4.57 Å². The molecule has 0 aliphatic rings. The van der Waals surface area contributed by atoms with Gasteiger partial charge in [0.15, 0.2) is 0 Å². The first kappa shape index (κ1) is 10.3. The van der Waals surface area contributed by atoms with Crippen LogP contribution in [0.25, 0.3) is 5.69 Å². The fourth-order valence-electron chi connectivity index (χ4n) is 1.35. The predicted molar refractivity (Wildman–Crippen MR) is 58.9 cm³/mol. The highest BCUT2D eigenvalue weighted by Gasteiger charge is 2.07. The first-order valence-corrected chi connectivity index (χ1v) is 4.94. The van der Waals surface area contributed by atoms with Crippen molar-refractivity contribution in [3.05, 3.63) is 44.6 Å². The van der Waals surface area contributed by atoms with Gasteiger partial charge in [-0.3, -0.25) is 0 Å². The third-order valence-corrected chi connectivity index (χ3v) is 2.38. The quantitative estimate of drug-likeness (QED) is 0.835. The molecule has 0 bridgehead atoms. The Balaban J connectivity index is 2.69. The number of aromatic amines is 1. The van der Waals surface area contributed by atoms with E-state index in [0.29, 0.717) is 21.6 Å². The third kappa shape index (κ3) is 1.91. The minimum Gasteiger partial charge on any atom is -0.247 e. The van der Waals surface area contributed by atoms with E-state index in [9.17, 15) is 4.79 Å². The topological polar surface area (TPSA) is 50.7 Å². The molecule has 0 saturated heterocycles. The lowest BCUT2D eigenvalue weighted by atomic mass is 10.3. The Morgan fingerprint density at radius 3 is 2.33 bits per heavy atom. The van der Waals surface area contributed by atoms with E-state index in [4.69, 9.17) is 23.2 Å². The van der Waals surface area contributed by atoms with Crippen LogP contribution in [0.2, 0.25) is 10.0 Å². The molecule has 78 valence electrons. The van der Waals surface area contributed by atoms with Gasteiger partial charge in [0, 0.05) is 10.0 Å². The summed E-state index contributed by atoms with van der Waals surface area (Å²) in [6.45, 7) is 1.71. The zero-order chi connectivity index (χ0) is 11.0. The van der Waals surface area contributed by atoms with E-state index in [1.807, 2.05) is 0 Å². The molecule has 0 atom stereocenters. The second-order valence-electron chi connectivity index (χ2n) is 3.04. The minimum atomic E-state index is -0.314. The van der Waals surface area contributed by atoms with Gasteiger partial charge in [0.05, 0.1) is 5.69 Å². The molecule has 0 saturated carbocycles. The van der Waals surface area contributed by atoms with Crippen molar-refractivity contribution in [3.8, 4) is 5.69 Å². The Morgan fingerprint density at radius 1 is 1.27 bits per heavy atom. The summed E-state index contributed by atoms with van der Waals surface area (Å²) < 4.78 is 1.40. The summed E-state index contributed by atoms with van der Waals surface area (Å²) in [4.78, 5) is 11.4. The molecular weight excluding hydrogens is 237 g/mol. The normalized spacial score (nSPS) is 10.6. The molecule has 1 aromatic carbocycles. The van der Waals surface area contributed by atoms with Gasteiger partial charge in [-0.05, 0) is 25.1 Å². The Morgan fingerprint density at radius 2 is 1.87 bits per heavy atom. The van der Waals surface area contributed by atoms with E-state index in [2.05, 4.69) is 10.2 Å². The number of aromatic nitrogens is 3. The maximum atomic E-state index is 11.4. The number of hydrogen-bond donors (Lipinski definition) is 1. The number of hydrogen-bond acceptors (Lipinski definition) is 2. The van der Waals surface area contributed by atoms with Gasteiger partial charge < -0.3 is 0 Å². The second kappa shape index (κ2) is 3.72. The van der Waals surface area contributed by atoms with Crippen LogP contribution in [0.4, 0.5) is 0 Å². The molecule has 1 N–H and O–H groups in total. The number of nitrogens with one attached hydrogen (secondary N) is 1. The number of nitrogens with zero attached hydrogens (tertiary/aromatic N) is 2. The Kier molecular flexibility index (Phi) is 2.54. The summed E-state index contributed by atoms with van der Waals surface area (Å²) in [6.07, 6.45) is 0. The van der Waals surface area contributed by atoms with Crippen LogP contribution < -0.4 is 5.69 Å². The van der Waals surface area contributed by atoms with Crippen molar-refractivity contribution in [1.29, 1.82) is 0 Å². The molecule has 2 aromatic rings. The molecule has 2 rings (SSSR count). The van der Waals surface area contributed by atoms with Crippen LogP contribution in [-0.2, 0) is 0 Å². The Bertz CT molecular complexity index is 538. The van der Waals surface area contributed by atoms with Crippen molar-refractivity contribution in [1.82, 2.24) is 14.8 Å². The largest absolute Gasteiger partial charge is 0.347 e. The second-order valence-corrected chi connectivity index (χ2v) is 3.91. The van der Waals surface area contributed by atoms with Crippen LogP contribution >= 0.6 is 23.2 Å². The van der Waals surface area contributed by atoms with Gasteiger partial charge in [0.1, 0.15) is 5.82 Å². The van der Waals surface area contributed by atoms with Crippen LogP contribution in [0.5, 0.6) is 0 Å². The summed E-state index contributed by atoms with van der Waals surface area (Å²) >= 11 is 11.7. The van der Waals surface area contributed by atoms with Gasteiger partial charge in [0.2, 0.25) is 0 Å². The molecule has 0 radical (unpaired) electrons. The highest BCUT2D eigenvalue weighted by atomic mass is 35.5. The van der Waals surface area contributed by atoms with Crippen LogP contribution in [0.1, 0.15) is 5.82 Å². The lowest BCUT2D eigenvalue weighted by Gasteiger charge is -2.03. The molecule has 0 aliphatic heterocycles. The number of benzene rings is 1. The van der Waals surface area contributed by atoms with Crippen LogP contribution in [0.15, 0.2) is 23.0 Å². The van der Waals surface area contributed by atoms with Crippen molar-refractivity contribution >= 4 is 23.2 Å². The summed E-state index contributed by atoms with van der Waals surface area (Å²) in [5, 5.41) is 7.09. The van der Waals surface area contributed by atoms with Crippen LogP contribution in [0, 0.1) is 6.92 Å². The Hall–Kier alpha value is -1.26. The smallest absolute Gasteiger partial charge is 0.247 e. The van der Waals surface area contributed by atoms with Gasteiger partial charge in [0.25, 0.3) is 0 Å². The number of H-pyrrole nitrogens is 1. The van der Waals surface area contributed by atoms with E-state index >= 15 is 0 Å². The molecule has 15 heavy (non-hydrogen) atoms. The monoisotopic (exact) mass is 243 g/mol. The molecular formula is C9H7Cl2N3O. The standard InChI is InChI=1S/C9H7Cl2N3O/c1-5-12-13-9(15)14(5)8-3-6(10)2-7(11)4-8/h2-4H,1H3,(H,13,15). The maximum Gasteiger partial charge on any atom is 0.347 e. The molecule has 0 fully saturated rings. The van der Waals surface area contributed by atoms with Gasteiger partial charge in [-0.1, -0.05) is 23.2 Å². The van der Waals surface area contributed by atoms with E-state index < -0.39 is 0 Å². The van der Waals surface area contributed by atoms with Crippen molar-refractivity contribution in [2.24, 2.45) is 0 Å². The predicted octanol–water partition coefficient (Wildman–Crippen LogP) is 2.18. The SMILES string of the molecule is Cc1n[nH]c(=O)n1-c1cc(Cl)cc(Cl)c1. The van der Waals surface area contributed by atoms with Crippen LogP contribution in [-0.4, -0.2) is 14.8 Å². The molecule has 4 nitrogen and oxygen atoms in total. The Labute approximate surface area is 95.4 Å². The minimum absolute atomic E-state index is 0.314. The highest BCUT2D eigenvalue weighted by Crippen LogP contribution is 2.21. The summed E-state index contributed by atoms with van der Waals surface area (Å²) in [7, 11) is 0. The molecule has 0 spiro atoms.